The van der Waals surface area contributed by atoms with Crippen molar-refractivity contribution in [2.24, 2.45) is 0 Å². The van der Waals surface area contributed by atoms with E-state index < -0.39 is 33.5 Å². The molecule has 0 aromatic rings. The van der Waals surface area contributed by atoms with Gasteiger partial charge in [-0.1, -0.05) is 0 Å². The minimum atomic E-state index is -1.31. The fourth-order valence-electron chi connectivity index (χ4n) is 2.66. The van der Waals surface area contributed by atoms with Crippen LogP contribution in [0.3, 0.4) is 0 Å². The average molecular weight is 279 g/mol. The van der Waals surface area contributed by atoms with Crippen molar-refractivity contribution in [2.45, 2.75) is 57.4 Å². The summed E-state index contributed by atoms with van der Waals surface area (Å²) in [5.41, 5.74) is -2.13. The molecule has 0 saturated carbocycles. The molecule has 1 fully saturated rings. The third-order valence-corrected chi connectivity index (χ3v) is 3.38. The van der Waals surface area contributed by atoms with Crippen molar-refractivity contribution < 1.29 is 24.9 Å². The van der Waals surface area contributed by atoms with Gasteiger partial charge in [0.2, 0.25) is 0 Å². The first kappa shape index (κ1) is 15.4. The van der Waals surface area contributed by atoms with Crippen LogP contribution in [0.5, 0.6) is 0 Å². The van der Waals surface area contributed by atoms with Crippen molar-refractivity contribution in [1.29, 1.82) is 0 Å². The van der Waals surface area contributed by atoms with E-state index in [0.29, 0.717) is 0 Å². The number of nitrogens with one attached hydrogen (secondary N) is 1. The van der Waals surface area contributed by atoms with Crippen LogP contribution in [0.25, 0.3) is 0 Å². The summed E-state index contributed by atoms with van der Waals surface area (Å²) in [6.07, 6.45) is -2.49. The van der Waals surface area contributed by atoms with Gasteiger partial charge in [-0.3, -0.25) is 0 Å². The molecule has 3 atom stereocenters. The molecule has 0 aromatic heterocycles. The number of nitrogens with zero attached hydrogens (tertiary/aromatic N) is 2. The summed E-state index contributed by atoms with van der Waals surface area (Å²) in [4.78, 5) is 29.9. The maximum Gasteiger partial charge on any atom is 0.295 e. The monoisotopic (exact) mass is 279 g/mol. The third kappa shape index (κ3) is 3.01. The Bertz CT molecular complexity index is 384. The zero-order valence-corrected chi connectivity index (χ0v) is 11.1. The summed E-state index contributed by atoms with van der Waals surface area (Å²) in [6, 6.07) is 0. The Morgan fingerprint density at radius 3 is 2.00 bits per heavy atom. The molecular weight excluding hydrogens is 262 g/mol. The molecule has 1 aliphatic heterocycles. The van der Waals surface area contributed by atoms with Gasteiger partial charge < -0.3 is 19.9 Å². The lowest BCUT2D eigenvalue weighted by Gasteiger charge is -2.56. The van der Waals surface area contributed by atoms with Gasteiger partial charge in [-0.05, 0) is 27.7 Å². The fraction of sp³-hybridized carbons (Fsp3) is 1.00. The van der Waals surface area contributed by atoms with Crippen molar-refractivity contribution in [2.75, 3.05) is 0 Å². The zero-order valence-electron chi connectivity index (χ0n) is 11.1. The summed E-state index contributed by atoms with van der Waals surface area (Å²) in [6.45, 7) is 6.16. The lowest BCUT2D eigenvalue weighted by Crippen LogP contribution is -3.25. The van der Waals surface area contributed by atoms with Crippen molar-refractivity contribution in [3.63, 3.8) is 0 Å². The molecule has 19 heavy (non-hydrogen) atoms. The van der Waals surface area contributed by atoms with Crippen LogP contribution in [-0.2, 0) is 9.68 Å². The molecule has 0 spiro atoms. The van der Waals surface area contributed by atoms with Crippen molar-refractivity contribution in [1.82, 2.24) is 0 Å². The normalized spacial score (nSPS) is 32.4. The maximum absolute atomic E-state index is 12.3. The van der Waals surface area contributed by atoms with Crippen molar-refractivity contribution >= 4 is 0 Å². The van der Waals surface area contributed by atoms with E-state index in [1.165, 1.54) is 13.8 Å². The van der Waals surface area contributed by atoms with E-state index >= 15 is 0 Å². The highest BCUT2D eigenvalue weighted by molar-refractivity contribution is 4.94. The number of hydroxylamine groups is 2. The van der Waals surface area contributed by atoms with Gasteiger partial charge in [0.25, 0.3) is 10.2 Å². The number of hydrogen-bond acceptors (Lipinski definition) is 7. The molecule has 0 aromatic carbocycles. The van der Waals surface area contributed by atoms with Crippen LogP contribution in [0.2, 0.25) is 0 Å². The van der Waals surface area contributed by atoms with Gasteiger partial charge in [-0.25, -0.2) is 0 Å². The van der Waals surface area contributed by atoms with Crippen LogP contribution in [0.4, 0.5) is 0 Å². The van der Waals surface area contributed by atoms with Crippen LogP contribution in [-0.4, -0.2) is 33.5 Å². The minimum Gasteiger partial charge on any atom is -0.633 e. The molecule has 1 saturated heterocycles. The quantitative estimate of drug-likeness (QED) is 0.416. The standard InChI is InChI=1S/C9H17N3O7/c1-8(2)5-6(18-11(14)15)7(19-12(16)17)9(3,4)10(8)13/h6-7,10H,5H2,1-4H3. The predicted octanol–water partition coefficient (Wildman–Crippen LogP) is -0.516. The molecule has 10 nitrogen and oxygen atoms in total. The van der Waals surface area contributed by atoms with E-state index in [1.54, 1.807) is 13.8 Å². The Kier molecular flexibility index (Phi) is 3.87. The van der Waals surface area contributed by atoms with Crippen LogP contribution in [0, 0.1) is 25.4 Å². The molecule has 10 heteroatoms. The van der Waals surface area contributed by atoms with Gasteiger partial charge in [0.05, 0.1) is 5.54 Å². The Balaban J connectivity index is 3.11. The molecule has 0 bridgehead atoms. The molecule has 1 heterocycles. The van der Waals surface area contributed by atoms with Gasteiger partial charge in [0.15, 0.2) is 6.10 Å². The SMILES string of the molecule is CC1(C)CC(O[N+](=O)[O-])C(O[N+](=O)[O-])C(C)(C)[NH+]1[O-]. The van der Waals surface area contributed by atoms with E-state index in [4.69, 9.17) is 0 Å². The van der Waals surface area contributed by atoms with E-state index in [9.17, 15) is 25.4 Å². The summed E-state index contributed by atoms with van der Waals surface area (Å²) in [7, 11) is 0. The summed E-state index contributed by atoms with van der Waals surface area (Å²) < 4.78 is 0. The topological polar surface area (TPSA) is 132 Å². The predicted molar refractivity (Wildman–Crippen MR) is 60.8 cm³/mol. The van der Waals surface area contributed by atoms with Crippen LogP contribution in [0.1, 0.15) is 34.1 Å². The smallest absolute Gasteiger partial charge is 0.295 e. The molecule has 1 aliphatic rings. The van der Waals surface area contributed by atoms with E-state index in [-0.39, 0.29) is 11.5 Å². The number of hydrogen-bond donors (Lipinski definition) is 1. The maximum atomic E-state index is 12.3. The highest BCUT2D eigenvalue weighted by Gasteiger charge is 2.55. The number of rotatable bonds is 4. The summed E-state index contributed by atoms with van der Waals surface area (Å²) in [5.74, 6) is 0. The van der Waals surface area contributed by atoms with E-state index in [0.717, 1.165) is 0 Å². The second-order valence-electron chi connectivity index (χ2n) is 5.76. The van der Waals surface area contributed by atoms with Gasteiger partial charge >= 0.3 is 0 Å². The second kappa shape index (κ2) is 4.78. The van der Waals surface area contributed by atoms with Gasteiger partial charge in [-0.2, -0.15) is 0 Å². The molecule has 1 rings (SSSR count). The van der Waals surface area contributed by atoms with E-state index in [2.05, 4.69) is 9.68 Å². The van der Waals surface area contributed by atoms with Crippen LogP contribution >= 0.6 is 0 Å². The first-order chi connectivity index (χ1) is 8.48. The Morgan fingerprint density at radius 2 is 1.58 bits per heavy atom. The van der Waals surface area contributed by atoms with Gasteiger partial charge in [0.1, 0.15) is 11.6 Å². The number of quaternary nitrogens is 1. The highest BCUT2D eigenvalue weighted by atomic mass is 17.0. The van der Waals surface area contributed by atoms with Crippen molar-refractivity contribution in [3.8, 4) is 0 Å². The Hall–Kier alpha value is -1.68. The average Bonchev–Trinajstić information content (AvgIpc) is 2.20. The fourth-order valence-corrected chi connectivity index (χ4v) is 2.66. The molecule has 0 radical (unpaired) electrons. The Labute approximate surface area is 109 Å². The second-order valence-corrected chi connectivity index (χ2v) is 5.76. The third-order valence-electron chi connectivity index (χ3n) is 3.38. The van der Waals surface area contributed by atoms with Crippen molar-refractivity contribution in [3.05, 3.63) is 25.4 Å². The molecule has 110 valence electrons. The lowest BCUT2D eigenvalue weighted by molar-refractivity contribution is -0.974. The van der Waals surface area contributed by atoms with Crippen LogP contribution < -0.4 is 5.06 Å². The summed E-state index contributed by atoms with van der Waals surface area (Å²) in [5, 5.41) is 30.9. The molecule has 0 amide bonds. The minimum absolute atomic E-state index is 0.0191. The van der Waals surface area contributed by atoms with Crippen LogP contribution in [0.15, 0.2) is 0 Å². The highest BCUT2D eigenvalue weighted by Crippen LogP contribution is 2.28. The largest absolute Gasteiger partial charge is 0.633 e. The first-order valence-electron chi connectivity index (χ1n) is 5.65. The molecular formula is C9H17N3O7. The molecule has 1 N–H and O–H groups in total. The number of piperidine rings is 1. The van der Waals surface area contributed by atoms with Gasteiger partial charge in [-0.15, -0.1) is 20.2 Å². The molecule has 3 unspecified atom stereocenters. The first-order valence-corrected chi connectivity index (χ1v) is 5.65. The van der Waals surface area contributed by atoms with Gasteiger partial charge in [0, 0.05) is 6.42 Å². The lowest BCUT2D eigenvalue weighted by atomic mass is 9.78. The van der Waals surface area contributed by atoms with E-state index in [1.807, 2.05) is 0 Å². The zero-order chi connectivity index (χ0) is 15.0. The Morgan fingerprint density at radius 1 is 1.11 bits per heavy atom. The summed E-state index contributed by atoms with van der Waals surface area (Å²) >= 11 is 0. The molecule has 0 aliphatic carbocycles.